The molecule has 21 heavy (non-hydrogen) atoms. The zero-order chi connectivity index (χ0) is 15.5. The molecule has 0 aliphatic carbocycles. The van der Waals surface area contributed by atoms with E-state index in [9.17, 15) is 9.59 Å². The molecule has 0 radical (unpaired) electrons. The summed E-state index contributed by atoms with van der Waals surface area (Å²) >= 11 is 0. The highest BCUT2D eigenvalue weighted by molar-refractivity contribution is 5.80. The number of hydrogen-bond acceptors (Lipinski definition) is 5. The van der Waals surface area contributed by atoms with Crippen LogP contribution in [0, 0.1) is 0 Å². The van der Waals surface area contributed by atoms with Gasteiger partial charge in [0.2, 0.25) is 11.8 Å². The van der Waals surface area contributed by atoms with E-state index in [0.717, 1.165) is 19.4 Å². The molecule has 1 atom stereocenters. The monoisotopic (exact) mass is 304 g/mol. The molecular weight excluding hydrogens is 276 g/mol. The maximum absolute atomic E-state index is 11.8. The van der Waals surface area contributed by atoms with E-state index in [1.165, 1.54) is 6.42 Å². The van der Waals surface area contributed by atoms with E-state index in [2.05, 4.69) is 27.3 Å². The van der Waals surface area contributed by atoms with E-state index < -0.39 is 0 Å². The van der Waals surface area contributed by atoms with Gasteiger partial charge in [-0.1, -0.05) is 6.42 Å². The molecule has 0 aromatic carbocycles. The Labute approximate surface area is 126 Å². The van der Waals surface area contributed by atoms with Crippen molar-refractivity contribution in [2.75, 3.05) is 32.8 Å². The first-order valence-corrected chi connectivity index (χ1v) is 7.72. The second-order valence-corrected chi connectivity index (χ2v) is 5.49. The minimum atomic E-state index is -0.0707. The van der Waals surface area contributed by atoms with Gasteiger partial charge in [0.25, 0.3) is 0 Å². The van der Waals surface area contributed by atoms with E-state index in [0.29, 0.717) is 45.1 Å². The van der Waals surface area contributed by atoms with Crippen molar-refractivity contribution in [1.29, 1.82) is 0 Å². The summed E-state index contributed by atoms with van der Waals surface area (Å²) < 4.78 is 0. The SMILES string of the molecule is [13CH3][C@H]1CCCC[15N]1C[13C](=O)N[13CH2]CC(=O)NCCCON. The Morgan fingerprint density at radius 3 is 2.71 bits per heavy atom. The Kier molecular flexibility index (Phi) is 8.96. The third-order valence-corrected chi connectivity index (χ3v) is 3.72. The van der Waals surface area contributed by atoms with Gasteiger partial charge in [0.1, 0.15) is 0 Å². The van der Waals surface area contributed by atoms with E-state index in [4.69, 9.17) is 5.90 Å². The summed E-state index contributed by atoms with van der Waals surface area (Å²) in [5.41, 5.74) is 0. The van der Waals surface area contributed by atoms with Crippen molar-refractivity contribution in [3.05, 3.63) is 0 Å². The van der Waals surface area contributed by atoms with Crippen LogP contribution in [-0.4, -0.2) is 55.5 Å². The van der Waals surface area contributed by atoms with Crippen molar-refractivity contribution in [2.24, 2.45) is 5.90 Å². The number of carbonyl (C=O) groups excluding carboxylic acids is 2. The molecule has 122 valence electrons. The van der Waals surface area contributed by atoms with Crippen LogP contribution in [0.25, 0.3) is 0 Å². The molecule has 1 heterocycles. The Hall–Kier alpha value is -1.18. The summed E-state index contributed by atoms with van der Waals surface area (Å²) in [6, 6.07) is 0.470. The first kappa shape index (κ1) is 17.9. The molecule has 0 bridgehead atoms. The first-order valence-electron chi connectivity index (χ1n) is 7.72. The number of carbonyl (C=O) groups is 2. The summed E-state index contributed by atoms with van der Waals surface area (Å²) in [7, 11) is 0. The number of rotatable bonds is 9. The Balaban J connectivity index is 2.05. The van der Waals surface area contributed by atoms with E-state index in [1.54, 1.807) is 0 Å². The second kappa shape index (κ2) is 10.5. The molecule has 0 unspecified atom stereocenters. The van der Waals surface area contributed by atoms with Gasteiger partial charge in [-0.15, -0.1) is 0 Å². The molecule has 0 saturated carbocycles. The number of nitrogens with zero attached hydrogens (tertiary/aromatic N) is 1. The topological polar surface area (TPSA) is 96.7 Å². The third-order valence-electron chi connectivity index (χ3n) is 3.72. The van der Waals surface area contributed by atoms with Crippen molar-refractivity contribution in [3.8, 4) is 0 Å². The van der Waals surface area contributed by atoms with Gasteiger partial charge in [0, 0.05) is 25.6 Å². The Morgan fingerprint density at radius 1 is 1.24 bits per heavy atom. The molecule has 1 aliphatic rings. The molecule has 0 aromatic rings. The number of likely N-dealkylation sites (tertiary alicyclic amines) is 1. The summed E-state index contributed by atoms with van der Waals surface area (Å²) in [6.45, 7) is 4.90. The molecule has 0 spiro atoms. The Morgan fingerprint density at radius 2 is 2.00 bits per heavy atom. The fourth-order valence-electron chi connectivity index (χ4n) is 2.42. The predicted molar refractivity (Wildman–Crippen MR) is 80.3 cm³/mol. The lowest BCUT2D eigenvalue weighted by Gasteiger charge is -2.32. The predicted octanol–water partition coefficient (Wildman–Crippen LogP) is -0.236. The maximum atomic E-state index is 11.8. The van der Waals surface area contributed by atoms with Gasteiger partial charge in [-0.25, -0.2) is 5.90 Å². The number of hydrogen-bond donors (Lipinski definition) is 3. The van der Waals surface area contributed by atoms with Crippen LogP contribution in [0.1, 0.15) is 39.0 Å². The summed E-state index contributed by atoms with van der Waals surface area (Å²) in [4.78, 5) is 29.9. The summed E-state index contributed by atoms with van der Waals surface area (Å²) in [5, 5.41) is 5.54. The van der Waals surface area contributed by atoms with Gasteiger partial charge in [-0.3, -0.25) is 14.5 Å². The lowest BCUT2D eigenvalue weighted by atomic mass is 10.1. The minimum absolute atomic E-state index is 0.00641. The van der Waals surface area contributed by atoms with Crippen LogP contribution in [-0.2, 0) is 14.4 Å². The van der Waals surface area contributed by atoms with E-state index in [-0.39, 0.29) is 11.8 Å². The standard InChI is InChI=1S/C14H28N4O3/c1-12-5-2-3-9-18(12)11-14(20)17-8-6-13(19)16-7-4-10-21-15/h12H,2-11,15H2,1H3,(H,16,19)(H,17,20)/t12-/m0/s1/i1+1,8+1,14+1,18+1. The van der Waals surface area contributed by atoms with Crippen LogP contribution in [0.3, 0.4) is 0 Å². The van der Waals surface area contributed by atoms with Crippen molar-refractivity contribution < 1.29 is 14.4 Å². The molecule has 1 fully saturated rings. The highest BCUT2D eigenvalue weighted by Crippen LogP contribution is 2.15. The average Bonchev–Trinajstić information content (AvgIpc) is 2.46. The lowest BCUT2D eigenvalue weighted by Crippen LogP contribution is -2.44. The van der Waals surface area contributed by atoms with Gasteiger partial charge in [0.05, 0.1) is 13.2 Å². The summed E-state index contributed by atoms with van der Waals surface area (Å²) in [6.07, 6.45) is 4.54. The average molecular weight is 304 g/mol. The first-order chi connectivity index (χ1) is 10.1. The van der Waals surface area contributed by atoms with Gasteiger partial charge in [0.15, 0.2) is 0 Å². The number of nitrogens with one attached hydrogen (secondary N) is 2. The molecule has 4 N–H and O–H groups in total. The van der Waals surface area contributed by atoms with Crippen LogP contribution in [0.4, 0.5) is 0 Å². The molecule has 2 amide bonds. The normalized spacial score (nSPS) is 19.2. The van der Waals surface area contributed by atoms with Gasteiger partial charge < -0.3 is 15.5 Å². The zero-order valence-electron chi connectivity index (χ0n) is 12.9. The van der Waals surface area contributed by atoms with Crippen LogP contribution < -0.4 is 16.5 Å². The highest BCUT2D eigenvalue weighted by Gasteiger charge is 2.20. The highest BCUT2D eigenvalue weighted by atomic mass is 16.6. The van der Waals surface area contributed by atoms with Crippen LogP contribution in [0.2, 0.25) is 0 Å². The quantitative estimate of drug-likeness (QED) is 0.236. The minimum Gasteiger partial charge on any atom is -0.356 e. The molecule has 0 aromatic heterocycles. The zero-order valence-corrected chi connectivity index (χ0v) is 12.9. The third kappa shape index (κ3) is 7.99. The number of piperidine rings is 1. The molecule has 7 heteroatoms. The maximum Gasteiger partial charge on any atom is 0.234 e. The van der Waals surface area contributed by atoms with Crippen molar-refractivity contribution in [1.82, 2.24) is 15.5 Å². The smallest absolute Gasteiger partial charge is 0.234 e. The van der Waals surface area contributed by atoms with Crippen molar-refractivity contribution in [2.45, 2.75) is 45.1 Å². The van der Waals surface area contributed by atoms with Crippen LogP contribution in [0.15, 0.2) is 0 Å². The van der Waals surface area contributed by atoms with Gasteiger partial charge in [-0.2, -0.15) is 0 Å². The van der Waals surface area contributed by atoms with E-state index >= 15 is 0 Å². The summed E-state index contributed by atoms with van der Waals surface area (Å²) in [5.74, 6) is 4.80. The molecule has 1 saturated heterocycles. The molecule has 7 nitrogen and oxygen atoms in total. The van der Waals surface area contributed by atoms with Gasteiger partial charge in [-0.05, 0) is 32.7 Å². The van der Waals surface area contributed by atoms with Crippen LogP contribution in [0.5, 0.6) is 0 Å². The van der Waals surface area contributed by atoms with E-state index in [1.807, 2.05) is 0 Å². The molecular formula is C14H28N4O3. The molecule has 1 rings (SSSR count). The molecule has 1 aliphatic heterocycles. The van der Waals surface area contributed by atoms with Crippen molar-refractivity contribution >= 4 is 11.8 Å². The number of amides is 2. The fraction of sp³-hybridized carbons (Fsp3) is 0.857. The fourth-order valence-corrected chi connectivity index (χ4v) is 2.42. The number of nitrogens with two attached hydrogens (primary N) is 1. The largest absolute Gasteiger partial charge is 0.356 e. The van der Waals surface area contributed by atoms with Crippen molar-refractivity contribution in [3.63, 3.8) is 0 Å². The van der Waals surface area contributed by atoms with Crippen LogP contribution >= 0.6 is 0 Å². The lowest BCUT2D eigenvalue weighted by molar-refractivity contribution is -0.123. The Bertz CT molecular complexity index is 325. The van der Waals surface area contributed by atoms with Gasteiger partial charge >= 0.3 is 0 Å². The second-order valence-electron chi connectivity index (χ2n) is 5.49.